The van der Waals surface area contributed by atoms with E-state index in [0.29, 0.717) is 28.2 Å². The largest absolute Gasteiger partial charge is 0.493 e. The van der Waals surface area contributed by atoms with E-state index in [9.17, 15) is 18.8 Å². The van der Waals surface area contributed by atoms with E-state index in [1.54, 1.807) is 25.1 Å². The molecule has 0 spiro atoms. The molecule has 1 unspecified atom stereocenters. The molecule has 43 heavy (non-hydrogen) atoms. The van der Waals surface area contributed by atoms with E-state index in [0.717, 1.165) is 28.0 Å². The molecule has 0 aliphatic carbocycles. The maximum absolute atomic E-state index is 15.3. The molecule has 1 fully saturated rings. The van der Waals surface area contributed by atoms with Gasteiger partial charge in [-0.1, -0.05) is 0 Å². The summed E-state index contributed by atoms with van der Waals surface area (Å²) in [6.07, 6.45) is 1.52. The van der Waals surface area contributed by atoms with Gasteiger partial charge in [0.1, 0.15) is 17.5 Å². The van der Waals surface area contributed by atoms with Crippen LogP contribution in [-0.4, -0.2) is 62.1 Å². The van der Waals surface area contributed by atoms with Crippen LogP contribution in [0.3, 0.4) is 0 Å². The number of aromatic nitrogens is 1. The summed E-state index contributed by atoms with van der Waals surface area (Å²) in [5.74, 6) is -2.81. The monoisotopic (exact) mass is 590 g/mol. The number of anilines is 2. The lowest BCUT2D eigenvalue weighted by molar-refractivity contribution is -0.133. The summed E-state index contributed by atoms with van der Waals surface area (Å²) in [5, 5.41) is 0.562. The fourth-order valence-electron chi connectivity index (χ4n) is 4.84. The highest BCUT2D eigenvalue weighted by atomic mass is 19.1. The van der Waals surface area contributed by atoms with Crippen molar-refractivity contribution < 1.29 is 37.4 Å². The first-order chi connectivity index (χ1) is 20.7. The first-order valence-corrected chi connectivity index (χ1v) is 13.3. The van der Waals surface area contributed by atoms with Gasteiger partial charge in [-0.3, -0.25) is 14.6 Å². The van der Waals surface area contributed by atoms with E-state index in [1.807, 2.05) is 0 Å². The number of hydrogen-bond donors (Lipinski definition) is 0. The molecule has 4 aromatic rings. The standard InChI is InChI=1S/C31H28F2N4O6/c1-5-36-17-22(30(39)37(31(36)40)19-8-6-18(32)7-9-19)29(38)35(2)20-10-11-26(23(33)14-20)43-25-12-13-34-24-16-28(42-4)27(41-3)15-21(24)25/h6-16,22H,5,17H2,1-4H3. The molecule has 3 aromatic carbocycles. The zero-order chi connectivity index (χ0) is 30.8. The predicted octanol–water partition coefficient (Wildman–Crippen LogP) is 5.39. The van der Waals surface area contributed by atoms with Crippen LogP contribution >= 0.6 is 0 Å². The summed E-state index contributed by atoms with van der Waals surface area (Å²) in [6, 6.07) is 13.1. The molecule has 1 atom stereocenters. The predicted molar refractivity (Wildman–Crippen MR) is 155 cm³/mol. The second-order valence-electron chi connectivity index (χ2n) is 9.67. The Morgan fingerprint density at radius 3 is 2.30 bits per heavy atom. The zero-order valence-electron chi connectivity index (χ0n) is 23.8. The Balaban J connectivity index is 1.39. The van der Waals surface area contributed by atoms with E-state index in [2.05, 4.69) is 4.98 Å². The molecular formula is C31H28F2N4O6. The van der Waals surface area contributed by atoms with Gasteiger partial charge in [0.05, 0.1) is 25.4 Å². The Labute approximate surface area is 246 Å². The lowest BCUT2D eigenvalue weighted by Gasteiger charge is -2.38. The number of benzene rings is 3. The third-order valence-corrected chi connectivity index (χ3v) is 7.21. The molecule has 222 valence electrons. The molecule has 12 heteroatoms. The summed E-state index contributed by atoms with van der Waals surface area (Å²) >= 11 is 0. The smallest absolute Gasteiger partial charge is 0.331 e. The fraction of sp³-hybridized carbons (Fsp3) is 0.226. The van der Waals surface area contributed by atoms with Crippen molar-refractivity contribution in [3.63, 3.8) is 0 Å². The summed E-state index contributed by atoms with van der Waals surface area (Å²) in [4.78, 5) is 47.6. The van der Waals surface area contributed by atoms with E-state index < -0.39 is 35.4 Å². The Bertz CT molecular complexity index is 1720. The van der Waals surface area contributed by atoms with Crippen molar-refractivity contribution in [1.82, 2.24) is 9.88 Å². The third kappa shape index (κ3) is 5.51. The Morgan fingerprint density at radius 2 is 1.65 bits per heavy atom. The number of imide groups is 1. The van der Waals surface area contributed by atoms with E-state index in [-0.39, 0.29) is 30.2 Å². The molecular weight excluding hydrogens is 562 g/mol. The third-order valence-electron chi connectivity index (χ3n) is 7.21. The topological polar surface area (TPSA) is 102 Å². The summed E-state index contributed by atoms with van der Waals surface area (Å²) in [5.41, 5.74) is 0.855. The summed E-state index contributed by atoms with van der Waals surface area (Å²) in [7, 11) is 4.42. The molecule has 0 saturated carbocycles. The molecule has 5 rings (SSSR count). The summed E-state index contributed by atoms with van der Waals surface area (Å²) in [6.45, 7) is 1.80. The van der Waals surface area contributed by atoms with Gasteiger partial charge in [0.25, 0.3) is 0 Å². The van der Waals surface area contributed by atoms with Gasteiger partial charge >= 0.3 is 6.03 Å². The van der Waals surface area contributed by atoms with Crippen molar-refractivity contribution in [2.45, 2.75) is 6.92 Å². The lowest BCUT2D eigenvalue weighted by Crippen LogP contribution is -2.60. The van der Waals surface area contributed by atoms with Crippen LogP contribution in [0.5, 0.6) is 23.0 Å². The van der Waals surface area contributed by atoms with Gasteiger partial charge in [0, 0.05) is 49.5 Å². The SMILES string of the molecule is CCN1CC(C(=O)N(C)c2ccc(Oc3ccnc4cc(OC)c(OC)cc34)c(F)c2)C(=O)N(c2ccc(F)cc2)C1=O. The number of amides is 4. The molecule has 1 saturated heterocycles. The van der Waals surface area contributed by atoms with Crippen LogP contribution in [0.2, 0.25) is 0 Å². The number of urea groups is 1. The van der Waals surface area contributed by atoms with Crippen molar-refractivity contribution in [2.75, 3.05) is 44.2 Å². The Kier molecular flexibility index (Phi) is 8.11. The van der Waals surface area contributed by atoms with Crippen molar-refractivity contribution in [2.24, 2.45) is 5.92 Å². The van der Waals surface area contributed by atoms with Crippen molar-refractivity contribution in [1.29, 1.82) is 0 Å². The van der Waals surface area contributed by atoms with Gasteiger partial charge in [0.15, 0.2) is 23.1 Å². The number of hydrogen-bond acceptors (Lipinski definition) is 7. The number of rotatable bonds is 8. The summed E-state index contributed by atoms with van der Waals surface area (Å²) < 4.78 is 45.4. The highest BCUT2D eigenvalue weighted by molar-refractivity contribution is 6.23. The highest BCUT2D eigenvalue weighted by Crippen LogP contribution is 2.38. The normalized spacial score (nSPS) is 15.1. The first-order valence-electron chi connectivity index (χ1n) is 13.3. The van der Waals surface area contributed by atoms with Crippen LogP contribution in [0.4, 0.5) is 25.0 Å². The minimum atomic E-state index is -1.26. The second kappa shape index (κ2) is 11.9. The highest BCUT2D eigenvalue weighted by Gasteiger charge is 2.44. The van der Waals surface area contributed by atoms with Crippen LogP contribution < -0.4 is 24.0 Å². The Hall–Kier alpha value is -5.26. The maximum atomic E-state index is 15.3. The van der Waals surface area contributed by atoms with Gasteiger partial charge in [-0.25, -0.2) is 18.5 Å². The molecule has 0 N–H and O–H groups in total. The number of carbonyl (C=O) groups is 3. The van der Waals surface area contributed by atoms with Crippen molar-refractivity contribution in [3.05, 3.63) is 78.5 Å². The molecule has 1 aromatic heterocycles. The van der Waals surface area contributed by atoms with E-state index in [1.165, 1.54) is 56.6 Å². The molecule has 4 amide bonds. The first kappa shape index (κ1) is 29.2. The average molecular weight is 591 g/mol. The van der Waals surface area contributed by atoms with Crippen LogP contribution in [-0.2, 0) is 9.59 Å². The zero-order valence-corrected chi connectivity index (χ0v) is 23.8. The van der Waals surface area contributed by atoms with Gasteiger partial charge in [-0.05, 0) is 55.5 Å². The van der Waals surface area contributed by atoms with E-state index >= 15 is 4.39 Å². The fourth-order valence-corrected chi connectivity index (χ4v) is 4.84. The number of nitrogens with zero attached hydrogens (tertiary/aromatic N) is 4. The lowest BCUT2D eigenvalue weighted by atomic mass is 10.0. The van der Waals surface area contributed by atoms with Crippen LogP contribution in [0.25, 0.3) is 10.9 Å². The second-order valence-corrected chi connectivity index (χ2v) is 9.67. The molecule has 0 radical (unpaired) electrons. The van der Waals surface area contributed by atoms with Gasteiger partial charge in [-0.15, -0.1) is 0 Å². The number of halogens is 2. The maximum Gasteiger partial charge on any atom is 0.331 e. The van der Waals surface area contributed by atoms with Crippen LogP contribution in [0.15, 0.2) is 66.9 Å². The van der Waals surface area contributed by atoms with Crippen LogP contribution in [0.1, 0.15) is 6.92 Å². The van der Waals surface area contributed by atoms with Gasteiger partial charge in [0.2, 0.25) is 11.8 Å². The molecule has 1 aliphatic heterocycles. The molecule has 2 heterocycles. The number of methoxy groups -OCH3 is 2. The van der Waals surface area contributed by atoms with Crippen molar-refractivity contribution >= 4 is 40.1 Å². The van der Waals surface area contributed by atoms with Crippen molar-refractivity contribution in [3.8, 4) is 23.0 Å². The van der Waals surface area contributed by atoms with Gasteiger partial charge in [-0.2, -0.15) is 0 Å². The molecule has 1 aliphatic rings. The van der Waals surface area contributed by atoms with Gasteiger partial charge < -0.3 is 24.0 Å². The molecule has 10 nitrogen and oxygen atoms in total. The van der Waals surface area contributed by atoms with E-state index in [4.69, 9.17) is 14.2 Å². The number of carbonyl (C=O) groups excluding carboxylic acids is 3. The Morgan fingerprint density at radius 1 is 0.953 bits per heavy atom. The number of ether oxygens (including phenoxy) is 3. The van der Waals surface area contributed by atoms with Crippen LogP contribution in [0, 0.1) is 17.6 Å². The number of fused-ring (bicyclic) bond motifs is 1. The molecule has 0 bridgehead atoms. The average Bonchev–Trinajstić information content (AvgIpc) is 3.01. The minimum Gasteiger partial charge on any atom is -0.493 e. The quantitative estimate of drug-likeness (QED) is 0.254. The minimum absolute atomic E-state index is 0.106. The number of pyridine rings is 1.